The van der Waals surface area contributed by atoms with Gasteiger partial charge in [-0.15, -0.1) is 24.0 Å². The summed E-state index contributed by atoms with van der Waals surface area (Å²) in [4.78, 5) is 7.20. The molecule has 0 aromatic carbocycles. The molecular formula is C17H34IN3O3. The summed E-state index contributed by atoms with van der Waals surface area (Å²) < 4.78 is 16.3. The van der Waals surface area contributed by atoms with Crippen LogP contribution in [0.5, 0.6) is 0 Å². The molecule has 2 aliphatic rings. The predicted octanol–water partition coefficient (Wildman–Crippen LogP) is 2.12. The first-order valence-electron chi connectivity index (χ1n) is 8.88. The highest BCUT2D eigenvalue weighted by Crippen LogP contribution is 2.26. The molecule has 0 saturated carbocycles. The van der Waals surface area contributed by atoms with Crippen molar-refractivity contribution in [1.82, 2.24) is 10.2 Å². The van der Waals surface area contributed by atoms with Gasteiger partial charge >= 0.3 is 0 Å². The molecule has 2 fully saturated rings. The standard InChI is InChI=1S/C17H33N3O3.HI/c1-4-18-16(19-12-17(2)13-22-14-17)20-8-6-15(7-9-20)23-11-5-10-21-3;/h15H,4-14H2,1-3H3,(H,18,19);1H. The Labute approximate surface area is 163 Å². The second kappa shape index (κ2) is 11.5. The van der Waals surface area contributed by atoms with Crippen molar-refractivity contribution >= 4 is 29.9 Å². The van der Waals surface area contributed by atoms with Crippen LogP contribution in [0.25, 0.3) is 0 Å². The van der Waals surface area contributed by atoms with E-state index in [1.54, 1.807) is 7.11 Å². The number of likely N-dealkylation sites (tertiary alicyclic amines) is 1. The molecule has 24 heavy (non-hydrogen) atoms. The van der Waals surface area contributed by atoms with Gasteiger partial charge in [-0.25, -0.2) is 0 Å². The summed E-state index contributed by atoms with van der Waals surface area (Å²) in [5.74, 6) is 1.04. The number of methoxy groups -OCH3 is 1. The minimum atomic E-state index is 0. The maximum atomic E-state index is 5.93. The normalized spacial score (nSPS) is 21.1. The maximum Gasteiger partial charge on any atom is 0.193 e. The molecule has 0 atom stereocenters. The molecule has 0 aliphatic carbocycles. The van der Waals surface area contributed by atoms with E-state index in [0.717, 1.165) is 77.8 Å². The average molecular weight is 455 g/mol. The van der Waals surface area contributed by atoms with Crippen LogP contribution in [-0.4, -0.2) is 76.7 Å². The molecule has 0 bridgehead atoms. The average Bonchev–Trinajstić information content (AvgIpc) is 2.54. The number of piperidine rings is 1. The Kier molecular flexibility index (Phi) is 10.5. The molecule has 0 spiro atoms. The molecule has 0 aromatic heterocycles. The molecule has 0 unspecified atom stereocenters. The van der Waals surface area contributed by atoms with Gasteiger partial charge in [0.1, 0.15) is 0 Å². The van der Waals surface area contributed by atoms with Crippen LogP contribution in [0.4, 0.5) is 0 Å². The Morgan fingerprint density at radius 3 is 2.54 bits per heavy atom. The summed E-state index contributed by atoms with van der Waals surface area (Å²) in [5.41, 5.74) is 0.226. The fourth-order valence-electron chi connectivity index (χ4n) is 2.92. The lowest BCUT2D eigenvalue weighted by atomic mass is 9.89. The van der Waals surface area contributed by atoms with Gasteiger partial charge in [-0.05, 0) is 26.2 Å². The largest absolute Gasteiger partial charge is 0.385 e. The van der Waals surface area contributed by atoms with Crippen molar-refractivity contribution in [3.05, 3.63) is 0 Å². The van der Waals surface area contributed by atoms with Crippen LogP contribution in [0, 0.1) is 5.41 Å². The SMILES string of the molecule is CCNC(=NCC1(C)COC1)N1CCC(OCCCOC)CC1.I. The molecule has 6 nitrogen and oxygen atoms in total. The highest BCUT2D eigenvalue weighted by Gasteiger charge is 2.33. The van der Waals surface area contributed by atoms with Gasteiger partial charge in [-0.3, -0.25) is 4.99 Å². The van der Waals surface area contributed by atoms with Crippen molar-refractivity contribution in [2.45, 2.75) is 39.2 Å². The number of nitrogens with one attached hydrogen (secondary N) is 1. The third kappa shape index (κ3) is 7.01. The van der Waals surface area contributed by atoms with Crippen LogP contribution in [-0.2, 0) is 14.2 Å². The van der Waals surface area contributed by atoms with Crippen LogP contribution in [0.3, 0.4) is 0 Å². The highest BCUT2D eigenvalue weighted by molar-refractivity contribution is 14.0. The molecule has 2 rings (SSSR count). The van der Waals surface area contributed by atoms with Gasteiger partial charge in [0.05, 0.1) is 25.9 Å². The molecule has 7 heteroatoms. The number of hydrogen-bond acceptors (Lipinski definition) is 4. The number of halogens is 1. The molecule has 2 heterocycles. The molecule has 2 saturated heterocycles. The summed E-state index contributed by atoms with van der Waals surface area (Å²) in [7, 11) is 1.73. The van der Waals surface area contributed by atoms with Crippen molar-refractivity contribution in [3.63, 3.8) is 0 Å². The molecule has 0 amide bonds. The summed E-state index contributed by atoms with van der Waals surface area (Å²) in [5, 5.41) is 3.43. The van der Waals surface area contributed by atoms with Crippen molar-refractivity contribution in [1.29, 1.82) is 0 Å². The molecule has 0 aromatic rings. The van der Waals surface area contributed by atoms with Gasteiger partial charge in [0.2, 0.25) is 0 Å². The Morgan fingerprint density at radius 2 is 2.00 bits per heavy atom. The summed E-state index contributed by atoms with van der Waals surface area (Å²) in [6, 6.07) is 0. The molecule has 1 N–H and O–H groups in total. The zero-order valence-electron chi connectivity index (χ0n) is 15.4. The molecule has 0 radical (unpaired) electrons. The number of rotatable bonds is 8. The van der Waals surface area contributed by atoms with E-state index in [1.165, 1.54) is 0 Å². The van der Waals surface area contributed by atoms with Crippen molar-refractivity contribution in [2.75, 3.05) is 59.7 Å². The van der Waals surface area contributed by atoms with E-state index in [2.05, 4.69) is 24.1 Å². The first kappa shape index (κ1) is 21.9. The zero-order chi connectivity index (χ0) is 16.5. The Balaban J connectivity index is 0.00000288. The maximum absolute atomic E-state index is 5.93. The second-order valence-corrected chi connectivity index (χ2v) is 6.88. The number of nitrogens with zero attached hydrogens (tertiary/aromatic N) is 2. The summed E-state index contributed by atoms with van der Waals surface area (Å²) in [6.07, 6.45) is 3.49. The van der Waals surface area contributed by atoms with Gasteiger partial charge in [0.25, 0.3) is 0 Å². The van der Waals surface area contributed by atoms with Crippen molar-refractivity contribution in [2.24, 2.45) is 10.4 Å². The summed E-state index contributed by atoms with van der Waals surface area (Å²) >= 11 is 0. The van der Waals surface area contributed by atoms with Gasteiger partial charge < -0.3 is 24.4 Å². The quantitative estimate of drug-likeness (QED) is 0.263. The molecule has 2 aliphatic heterocycles. The number of hydrogen-bond donors (Lipinski definition) is 1. The number of ether oxygens (including phenoxy) is 3. The number of guanidine groups is 1. The van der Waals surface area contributed by atoms with E-state index in [-0.39, 0.29) is 29.4 Å². The second-order valence-electron chi connectivity index (χ2n) is 6.88. The van der Waals surface area contributed by atoms with Crippen molar-refractivity contribution in [3.8, 4) is 0 Å². The van der Waals surface area contributed by atoms with Crippen LogP contribution in [0.15, 0.2) is 4.99 Å². The van der Waals surface area contributed by atoms with E-state index in [1.807, 2.05) is 0 Å². The van der Waals surface area contributed by atoms with E-state index >= 15 is 0 Å². The van der Waals surface area contributed by atoms with E-state index in [0.29, 0.717) is 6.10 Å². The lowest BCUT2D eigenvalue weighted by Gasteiger charge is -2.38. The minimum absolute atomic E-state index is 0. The smallest absolute Gasteiger partial charge is 0.193 e. The molecular weight excluding hydrogens is 421 g/mol. The Bertz CT molecular complexity index is 370. The monoisotopic (exact) mass is 455 g/mol. The van der Waals surface area contributed by atoms with E-state index < -0.39 is 0 Å². The van der Waals surface area contributed by atoms with E-state index in [9.17, 15) is 0 Å². The van der Waals surface area contributed by atoms with E-state index in [4.69, 9.17) is 19.2 Å². The summed E-state index contributed by atoms with van der Waals surface area (Å²) in [6.45, 7) is 11.3. The lowest BCUT2D eigenvalue weighted by Crippen LogP contribution is -2.48. The predicted molar refractivity (Wildman–Crippen MR) is 107 cm³/mol. The van der Waals surface area contributed by atoms with Crippen LogP contribution in [0.2, 0.25) is 0 Å². The van der Waals surface area contributed by atoms with Gasteiger partial charge in [0, 0.05) is 45.4 Å². The van der Waals surface area contributed by atoms with Crippen LogP contribution >= 0.6 is 24.0 Å². The third-order valence-corrected chi connectivity index (χ3v) is 4.43. The topological polar surface area (TPSA) is 55.3 Å². The first-order valence-corrected chi connectivity index (χ1v) is 8.88. The third-order valence-electron chi connectivity index (χ3n) is 4.43. The highest BCUT2D eigenvalue weighted by atomic mass is 127. The Morgan fingerprint density at radius 1 is 1.29 bits per heavy atom. The van der Waals surface area contributed by atoms with Gasteiger partial charge in [-0.2, -0.15) is 0 Å². The van der Waals surface area contributed by atoms with Gasteiger partial charge in [-0.1, -0.05) is 6.92 Å². The fourth-order valence-corrected chi connectivity index (χ4v) is 2.92. The van der Waals surface area contributed by atoms with Crippen LogP contribution < -0.4 is 5.32 Å². The fraction of sp³-hybridized carbons (Fsp3) is 0.941. The lowest BCUT2D eigenvalue weighted by molar-refractivity contribution is -0.0946. The van der Waals surface area contributed by atoms with Gasteiger partial charge in [0.15, 0.2) is 5.96 Å². The first-order chi connectivity index (χ1) is 11.2. The Hall–Kier alpha value is -0.120. The molecule has 142 valence electrons. The number of aliphatic imine (C=N–C) groups is 1. The minimum Gasteiger partial charge on any atom is -0.385 e. The zero-order valence-corrected chi connectivity index (χ0v) is 17.7. The van der Waals surface area contributed by atoms with Crippen LogP contribution in [0.1, 0.15) is 33.1 Å². The van der Waals surface area contributed by atoms with Crippen molar-refractivity contribution < 1.29 is 14.2 Å².